The van der Waals surface area contributed by atoms with Crippen molar-refractivity contribution in [3.8, 4) is 11.5 Å². The van der Waals surface area contributed by atoms with Gasteiger partial charge in [0.1, 0.15) is 5.75 Å². The number of hydrogen-bond donors (Lipinski definition) is 2. The largest absolute Gasteiger partial charge is 0.455 e. The molecule has 0 aliphatic rings. The first-order valence-corrected chi connectivity index (χ1v) is 10.2. The van der Waals surface area contributed by atoms with Crippen molar-refractivity contribution in [2.24, 2.45) is 0 Å². The lowest BCUT2D eigenvalue weighted by atomic mass is 10.1. The maximum Gasteiger partial charge on any atom is 0.155 e. The number of nitrogens with one attached hydrogen (secondary N) is 2. The summed E-state index contributed by atoms with van der Waals surface area (Å²) in [5, 5.41) is 4.55. The van der Waals surface area contributed by atoms with E-state index < -0.39 is 0 Å². The predicted octanol–water partition coefficient (Wildman–Crippen LogP) is 7.26. The van der Waals surface area contributed by atoms with E-state index in [0.29, 0.717) is 0 Å². The fourth-order valence-electron chi connectivity index (χ4n) is 2.88. The first-order valence-electron chi connectivity index (χ1n) is 8.63. The van der Waals surface area contributed by atoms with Crippen LogP contribution >= 0.6 is 31.9 Å². The molecule has 25 heavy (non-hydrogen) atoms. The lowest BCUT2D eigenvalue weighted by molar-refractivity contribution is 0.477. The van der Waals surface area contributed by atoms with Crippen LogP contribution in [0.1, 0.15) is 32.3 Å². The summed E-state index contributed by atoms with van der Waals surface area (Å²) in [6.07, 6.45) is 5.59. The van der Waals surface area contributed by atoms with Gasteiger partial charge < -0.3 is 15.0 Å². The minimum Gasteiger partial charge on any atom is -0.455 e. The molecule has 132 valence electrons. The summed E-state index contributed by atoms with van der Waals surface area (Å²) in [5.74, 6) is 1.62. The zero-order valence-corrected chi connectivity index (χ0v) is 17.6. The lowest BCUT2D eigenvalue weighted by Gasteiger charge is -2.13. The Balaban J connectivity index is 1.90. The molecule has 3 nitrogen and oxygen atoms in total. The van der Waals surface area contributed by atoms with Crippen LogP contribution in [-0.4, -0.2) is 11.5 Å². The number of fused-ring (bicyclic) bond motifs is 1. The van der Waals surface area contributed by atoms with Gasteiger partial charge in [-0.1, -0.05) is 13.3 Å². The topological polar surface area (TPSA) is 37.0 Å². The summed E-state index contributed by atoms with van der Waals surface area (Å²) in [6.45, 7) is 5.17. The smallest absolute Gasteiger partial charge is 0.155 e. The number of hydrogen-bond acceptors (Lipinski definition) is 2. The van der Waals surface area contributed by atoms with Gasteiger partial charge in [-0.25, -0.2) is 0 Å². The van der Waals surface area contributed by atoms with Gasteiger partial charge in [0.2, 0.25) is 0 Å². The van der Waals surface area contributed by atoms with Gasteiger partial charge in [-0.3, -0.25) is 0 Å². The fourth-order valence-corrected chi connectivity index (χ4v) is 4.22. The number of aryl methyl sites for hydroxylation is 1. The van der Waals surface area contributed by atoms with Gasteiger partial charge in [-0.05, 0) is 87.5 Å². The molecule has 0 fully saturated rings. The highest BCUT2D eigenvalue weighted by molar-refractivity contribution is 9.11. The van der Waals surface area contributed by atoms with Crippen molar-refractivity contribution in [2.75, 3.05) is 11.9 Å². The number of aromatic amines is 1. The standard InChI is InChI=1S/C20H22Br2N2O/c1-3-5-6-13-12-24-19-8-7-15(11-16(13)19)25-20-17(21)9-14(23-4-2)10-18(20)22/h7-12,23-24H,3-6H2,1-2H3. The van der Waals surface area contributed by atoms with Gasteiger partial charge in [0.05, 0.1) is 8.95 Å². The molecule has 0 unspecified atom stereocenters. The van der Waals surface area contributed by atoms with Gasteiger partial charge in [0.25, 0.3) is 0 Å². The predicted molar refractivity (Wildman–Crippen MR) is 113 cm³/mol. The molecule has 0 aliphatic carbocycles. The van der Waals surface area contributed by atoms with Crippen molar-refractivity contribution in [3.63, 3.8) is 0 Å². The van der Waals surface area contributed by atoms with Gasteiger partial charge >= 0.3 is 0 Å². The first-order chi connectivity index (χ1) is 12.1. The minimum atomic E-state index is 0.784. The van der Waals surface area contributed by atoms with E-state index >= 15 is 0 Å². The molecule has 3 rings (SSSR count). The Labute approximate surface area is 165 Å². The molecule has 0 bridgehead atoms. The van der Waals surface area contributed by atoms with Crippen LogP contribution in [-0.2, 0) is 6.42 Å². The molecule has 0 aliphatic heterocycles. The van der Waals surface area contributed by atoms with Crippen LogP contribution in [0.4, 0.5) is 5.69 Å². The molecular formula is C20H22Br2N2O. The Morgan fingerprint density at radius 3 is 2.52 bits per heavy atom. The summed E-state index contributed by atoms with van der Waals surface area (Å²) in [6, 6.07) is 10.3. The molecule has 0 spiro atoms. The highest BCUT2D eigenvalue weighted by Crippen LogP contribution is 2.40. The summed E-state index contributed by atoms with van der Waals surface area (Å²) < 4.78 is 8.00. The van der Waals surface area contributed by atoms with E-state index in [2.05, 4.69) is 74.3 Å². The third-order valence-electron chi connectivity index (χ3n) is 4.14. The highest BCUT2D eigenvalue weighted by Gasteiger charge is 2.12. The van der Waals surface area contributed by atoms with Crippen molar-refractivity contribution < 1.29 is 4.74 Å². The Morgan fingerprint density at radius 1 is 1.08 bits per heavy atom. The Bertz CT molecular complexity index is 850. The molecule has 1 heterocycles. The quantitative estimate of drug-likeness (QED) is 0.385. The molecule has 3 aromatic rings. The molecule has 0 amide bonds. The van der Waals surface area contributed by atoms with E-state index in [1.54, 1.807) is 0 Å². The zero-order valence-electron chi connectivity index (χ0n) is 14.5. The van der Waals surface area contributed by atoms with E-state index in [1.165, 1.54) is 23.8 Å². The molecule has 0 radical (unpaired) electrons. The van der Waals surface area contributed by atoms with Crippen molar-refractivity contribution in [1.82, 2.24) is 4.98 Å². The Hall–Kier alpha value is -1.46. The van der Waals surface area contributed by atoms with Crippen LogP contribution in [0.2, 0.25) is 0 Å². The van der Waals surface area contributed by atoms with Crippen molar-refractivity contribution in [2.45, 2.75) is 33.1 Å². The number of unbranched alkanes of at least 4 members (excludes halogenated alkanes) is 1. The second kappa shape index (κ2) is 8.28. The third-order valence-corrected chi connectivity index (χ3v) is 5.32. The van der Waals surface area contributed by atoms with E-state index in [4.69, 9.17) is 4.74 Å². The minimum absolute atomic E-state index is 0.784. The summed E-state index contributed by atoms with van der Waals surface area (Å²) in [7, 11) is 0. The maximum absolute atomic E-state index is 6.17. The van der Waals surface area contributed by atoms with Gasteiger partial charge in [-0.15, -0.1) is 0 Å². The first kappa shape index (κ1) is 18.3. The number of halogens is 2. The average Bonchev–Trinajstić information content (AvgIpc) is 2.99. The summed E-state index contributed by atoms with van der Waals surface area (Å²) >= 11 is 7.23. The van der Waals surface area contributed by atoms with Gasteiger partial charge in [0, 0.05) is 29.3 Å². The Kier molecular flexibility index (Phi) is 6.07. The fraction of sp³-hybridized carbons (Fsp3) is 0.300. The average molecular weight is 466 g/mol. The zero-order chi connectivity index (χ0) is 17.8. The van der Waals surface area contributed by atoms with E-state index in [1.807, 2.05) is 18.2 Å². The number of ether oxygens (including phenoxy) is 1. The van der Waals surface area contributed by atoms with Gasteiger partial charge in [0.15, 0.2) is 5.75 Å². The van der Waals surface area contributed by atoms with Crippen molar-refractivity contribution in [3.05, 3.63) is 51.0 Å². The number of aromatic nitrogens is 1. The van der Waals surface area contributed by atoms with Crippen LogP contribution in [0.25, 0.3) is 10.9 Å². The lowest BCUT2D eigenvalue weighted by Crippen LogP contribution is -1.97. The SMILES string of the molecule is CCCCc1c[nH]c2ccc(Oc3c(Br)cc(NCC)cc3Br)cc12. The molecule has 2 N–H and O–H groups in total. The summed E-state index contributed by atoms with van der Waals surface area (Å²) in [5.41, 5.74) is 3.55. The molecule has 0 atom stereocenters. The van der Waals surface area contributed by atoms with Crippen LogP contribution in [0.5, 0.6) is 11.5 Å². The van der Waals surface area contributed by atoms with E-state index in [0.717, 1.165) is 44.6 Å². The molecule has 0 saturated heterocycles. The highest BCUT2D eigenvalue weighted by atomic mass is 79.9. The summed E-state index contributed by atoms with van der Waals surface area (Å²) in [4.78, 5) is 3.35. The van der Waals surface area contributed by atoms with Gasteiger partial charge in [-0.2, -0.15) is 0 Å². The van der Waals surface area contributed by atoms with Crippen LogP contribution in [0.15, 0.2) is 45.5 Å². The van der Waals surface area contributed by atoms with Crippen molar-refractivity contribution in [1.29, 1.82) is 0 Å². The molecule has 1 aromatic heterocycles. The molecular weight excluding hydrogens is 444 g/mol. The monoisotopic (exact) mass is 464 g/mol. The molecule has 0 saturated carbocycles. The number of benzene rings is 2. The number of rotatable bonds is 7. The number of H-pyrrole nitrogens is 1. The van der Waals surface area contributed by atoms with Crippen LogP contribution in [0, 0.1) is 0 Å². The molecule has 5 heteroatoms. The van der Waals surface area contributed by atoms with Crippen LogP contribution in [0.3, 0.4) is 0 Å². The molecule has 2 aromatic carbocycles. The maximum atomic E-state index is 6.17. The Morgan fingerprint density at radius 2 is 1.84 bits per heavy atom. The van der Waals surface area contributed by atoms with E-state index in [-0.39, 0.29) is 0 Å². The second-order valence-corrected chi connectivity index (χ2v) is 7.73. The number of anilines is 1. The normalized spacial score (nSPS) is 11.0. The second-order valence-electron chi connectivity index (χ2n) is 6.03. The third kappa shape index (κ3) is 4.21. The van der Waals surface area contributed by atoms with Crippen molar-refractivity contribution >= 4 is 48.5 Å². The van der Waals surface area contributed by atoms with Crippen LogP contribution < -0.4 is 10.1 Å². The van der Waals surface area contributed by atoms with E-state index in [9.17, 15) is 0 Å².